The van der Waals surface area contributed by atoms with Crippen molar-refractivity contribution in [3.63, 3.8) is 0 Å². The van der Waals surface area contributed by atoms with Crippen LogP contribution in [0.25, 0.3) is 0 Å². The fraction of sp³-hybridized carbons (Fsp3) is 0.444. The molecule has 0 aliphatic rings. The Balaban J connectivity index is 1.74. The molecule has 1 aromatic heterocycles. The monoisotopic (exact) mass is 363 g/mol. The van der Waals surface area contributed by atoms with E-state index in [4.69, 9.17) is 16.3 Å². The first-order valence-electron chi connectivity index (χ1n) is 8.59. The van der Waals surface area contributed by atoms with E-state index in [0.29, 0.717) is 11.6 Å². The Morgan fingerprint density at radius 2 is 2.12 bits per heavy atom. The van der Waals surface area contributed by atoms with Gasteiger partial charge in [-0.1, -0.05) is 11.6 Å². The summed E-state index contributed by atoms with van der Waals surface area (Å²) in [4.78, 5) is 4.58. The molecule has 1 unspecified atom stereocenters. The van der Waals surface area contributed by atoms with Crippen molar-refractivity contribution in [1.29, 1.82) is 0 Å². The van der Waals surface area contributed by atoms with Crippen molar-refractivity contribution in [2.45, 2.75) is 32.9 Å². The number of nitrogens with zero attached hydrogens (tertiary/aromatic N) is 3. The first-order chi connectivity index (χ1) is 12.2. The molecule has 0 radical (unpaired) electrons. The minimum atomic E-state index is -0.0271. The molecule has 2 aromatic rings. The number of rotatable bonds is 9. The zero-order valence-corrected chi connectivity index (χ0v) is 15.5. The van der Waals surface area contributed by atoms with Crippen LogP contribution >= 0.6 is 11.6 Å². The van der Waals surface area contributed by atoms with Crippen LogP contribution in [0.2, 0.25) is 5.02 Å². The van der Waals surface area contributed by atoms with Crippen LogP contribution in [0.4, 0.5) is 0 Å². The highest BCUT2D eigenvalue weighted by atomic mass is 35.5. The van der Waals surface area contributed by atoms with Crippen molar-refractivity contribution in [1.82, 2.24) is 20.4 Å². The second-order valence-electron chi connectivity index (χ2n) is 5.65. The molecule has 0 amide bonds. The van der Waals surface area contributed by atoms with Crippen molar-refractivity contribution in [3.05, 3.63) is 47.7 Å². The van der Waals surface area contributed by atoms with Gasteiger partial charge in [-0.15, -0.1) is 0 Å². The third-order valence-electron chi connectivity index (χ3n) is 3.42. The van der Waals surface area contributed by atoms with Gasteiger partial charge in [-0.05, 0) is 50.6 Å². The number of hydrogen-bond acceptors (Lipinski definition) is 3. The normalized spacial score (nSPS) is 12.7. The van der Waals surface area contributed by atoms with E-state index in [9.17, 15) is 0 Å². The number of aromatic nitrogens is 2. The van der Waals surface area contributed by atoms with Crippen LogP contribution in [0.1, 0.15) is 20.3 Å². The van der Waals surface area contributed by atoms with E-state index in [2.05, 4.69) is 27.6 Å². The number of halogens is 1. The third kappa shape index (κ3) is 7.47. The second kappa shape index (κ2) is 10.6. The summed E-state index contributed by atoms with van der Waals surface area (Å²) in [5.74, 6) is 1.60. The molecule has 2 rings (SSSR count). The zero-order valence-electron chi connectivity index (χ0n) is 14.8. The van der Waals surface area contributed by atoms with Crippen LogP contribution in [0.15, 0.2) is 47.7 Å². The van der Waals surface area contributed by atoms with E-state index < -0.39 is 0 Å². The highest BCUT2D eigenvalue weighted by molar-refractivity contribution is 6.30. The van der Waals surface area contributed by atoms with Crippen molar-refractivity contribution >= 4 is 17.6 Å². The van der Waals surface area contributed by atoms with Gasteiger partial charge in [0.2, 0.25) is 0 Å². The number of ether oxygens (including phenoxy) is 1. The van der Waals surface area contributed by atoms with Crippen LogP contribution in [0.5, 0.6) is 5.75 Å². The SMILES string of the molecule is CCNC(=NCC(C)Oc1ccc(Cl)cc1)NCCCn1cccn1. The maximum atomic E-state index is 5.88. The van der Waals surface area contributed by atoms with Crippen molar-refractivity contribution < 1.29 is 4.74 Å². The van der Waals surface area contributed by atoms with Crippen LogP contribution < -0.4 is 15.4 Å². The molecule has 1 aromatic carbocycles. The van der Waals surface area contributed by atoms with Gasteiger partial charge in [0, 0.05) is 37.1 Å². The lowest BCUT2D eigenvalue weighted by Gasteiger charge is -2.15. The van der Waals surface area contributed by atoms with Gasteiger partial charge in [0.05, 0.1) is 6.54 Å². The van der Waals surface area contributed by atoms with E-state index in [1.165, 1.54) is 0 Å². The van der Waals surface area contributed by atoms with Gasteiger partial charge in [-0.2, -0.15) is 5.10 Å². The summed E-state index contributed by atoms with van der Waals surface area (Å²) >= 11 is 5.88. The topological polar surface area (TPSA) is 63.5 Å². The molecule has 0 aliphatic carbocycles. The molecular formula is C18H26ClN5O. The molecule has 0 fully saturated rings. The summed E-state index contributed by atoms with van der Waals surface area (Å²) in [5, 5.41) is 11.5. The van der Waals surface area contributed by atoms with Crippen LogP contribution in [0.3, 0.4) is 0 Å². The number of nitrogens with one attached hydrogen (secondary N) is 2. The minimum Gasteiger partial charge on any atom is -0.489 e. The largest absolute Gasteiger partial charge is 0.489 e. The lowest BCUT2D eigenvalue weighted by atomic mass is 10.3. The molecular weight excluding hydrogens is 338 g/mol. The quantitative estimate of drug-likeness (QED) is 0.408. The number of aryl methyl sites for hydroxylation is 1. The molecule has 1 heterocycles. The average molecular weight is 364 g/mol. The van der Waals surface area contributed by atoms with Gasteiger partial charge in [0.1, 0.15) is 11.9 Å². The highest BCUT2D eigenvalue weighted by Gasteiger charge is 2.05. The Morgan fingerprint density at radius 1 is 1.32 bits per heavy atom. The van der Waals surface area contributed by atoms with Crippen molar-refractivity contribution in [2.75, 3.05) is 19.6 Å². The molecule has 136 valence electrons. The summed E-state index contributed by atoms with van der Waals surface area (Å²) in [7, 11) is 0. The first kappa shape index (κ1) is 19.1. The predicted octanol–water partition coefficient (Wildman–Crippen LogP) is 2.95. The van der Waals surface area contributed by atoms with Gasteiger partial charge in [0.25, 0.3) is 0 Å². The van der Waals surface area contributed by atoms with E-state index in [1.807, 2.05) is 48.1 Å². The molecule has 0 bridgehead atoms. The summed E-state index contributed by atoms with van der Waals surface area (Å²) in [6.45, 7) is 7.15. The molecule has 2 N–H and O–H groups in total. The molecule has 0 spiro atoms. The summed E-state index contributed by atoms with van der Waals surface area (Å²) in [6, 6.07) is 9.29. The maximum Gasteiger partial charge on any atom is 0.191 e. The van der Waals surface area contributed by atoms with E-state index in [0.717, 1.165) is 37.8 Å². The van der Waals surface area contributed by atoms with E-state index in [1.54, 1.807) is 6.20 Å². The number of benzene rings is 1. The number of hydrogen-bond donors (Lipinski definition) is 2. The van der Waals surface area contributed by atoms with E-state index in [-0.39, 0.29) is 6.10 Å². The highest BCUT2D eigenvalue weighted by Crippen LogP contribution is 2.16. The predicted molar refractivity (Wildman–Crippen MR) is 102 cm³/mol. The zero-order chi connectivity index (χ0) is 17.9. The molecule has 6 nitrogen and oxygen atoms in total. The number of guanidine groups is 1. The molecule has 0 aliphatic heterocycles. The van der Waals surface area contributed by atoms with Crippen molar-refractivity contribution in [2.24, 2.45) is 4.99 Å². The minimum absolute atomic E-state index is 0.0271. The van der Waals surface area contributed by atoms with Gasteiger partial charge >= 0.3 is 0 Å². The van der Waals surface area contributed by atoms with Gasteiger partial charge in [-0.3, -0.25) is 4.68 Å². The molecule has 1 atom stereocenters. The molecule has 7 heteroatoms. The van der Waals surface area contributed by atoms with Gasteiger partial charge in [0.15, 0.2) is 5.96 Å². The van der Waals surface area contributed by atoms with Crippen LogP contribution in [0, 0.1) is 0 Å². The Labute approximate surface area is 154 Å². The van der Waals surface area contributed by atoms with E-state index >= 15 is 0 Å². The van der Waals surface area contributed by atoms with Crippen molar-refractivity contribution in [3.8, 4) is 5.75 Å². The van der Waals surface area contributed by atoms with Gasteiger partial charge in [-0.25, -0.2) is 4.99 Å². The number of aliphatic imine (C=N–C) groups is 1. The lowest BCUT2D eigenvalue weighted by molar-refractivity contribution is 0.230. The molecule has 0 saturated carbocycles. The summed E-state index contributed by atoms with van der Waals surface area (Å²) < 4.78 is 7.76. The lowest BCUT2D eigenvalue weighted by Crippen LogP contribution is -2.38. The molecule has 25 heavy (non-hydrogen) atoms. The summed E-state index contributed by atoms with van der Waals surface area (Å²) in [6.07, 6.45) is 4.71. The smallest absolute Gasteiger partial charge is 0.191 e. The third-order valence-corrected chi connectivity index (χ3v) is 3.67. The molecule has 0 saturated heterocycles. The Kier molecular flexibility index (Phi) is 8.12. The first-order valence-corrected chi connectivity index (χ1v) is 8.97. The Bertz CT molecular complexity index is 627. The maximum absolute atomic E-state index is 5.88. The Morgan fingerprint density at radius 3 is 2.80 bits per heavy atom. The van der Waals surface area contributed by atoms with Gasteiger partial charge < -0.3 is 15.4 Å². The Hall–Kier alpha value is -2.21. The van der Waals surface area contributed by atoms with Crippen LogP contribution in [-0.4, -0.2) is 41.5 Å². The van der Waals surface area contributed by atoms with Crippen LogP contribution in [-0.2, 0) is 6.54 Å². The fourth-order valence-corrected chi connectivity index (χ4v) is 2.35. The average Bonchev–Trinajstić information content (AvgIpc) is 3.12. The second-order valence-corrected chi connectivity index (χ2v) is 6.09. The standard InChI is InChI=1S/C18H26ClN5O/c1-3-20-18(21-10-4-12-24-13-5-11-23-24)22-14-15(2)25-17-8-6-16(19)7-9-17/h5-9,11,13,15H,3-4,10,12,14H2,1-2H3,(H2,20,21,22). The summed E-state index contributed by atoms with van der Waals surface area (Å²) in [5.41, 5.74) is 0. The fourth-order valence-electron chi connectivity index (χ4n) is 2.22.